The lowest BCUT2D eigenvalue weighted by molar-refractivity contribution is -0.155. The summed E-state index contributed by atoms with van der Waals surface area (Å²) in [6.07, 6.45) is 1.36. The summed E-state index contributed by atoms with van der Waals surface area (Å²) in [6, 6.07) is 0.223. The first kappa shape index (κ1) is 15.0. The molecule has 1 heterocycles. The summed E-state index contributed by atoms with van der Waals surface area (Å²) in [5, 5.41) is 2.90. The molecule has 1 saturated heterocycles. The van der Waals surface area contributed by atoms with E-state index < -0.39 is 5.60 Å². The topological polar surface area (TPSA) is 58.6 Å². The summed E-state index contributed by atoms with van der Waals surface area (Å²) >= 11 is 0. The normalized spacial score (nSPS) is 20.8. The van der Waals surface area contributed by atoms with Gasteiger partial charge in [-0.2, -0.15) is 0 Å². The fraction of sp³-hybridized carbons (Fsp3) is 0.846. The number of ether oxygens (including phenoxy) is 1. The molecule has 0 bridgehead atoms. The van der Waals surface area contributed by atoms with Gasteiger partial charge in [0.25, 0.3) is 0 Å². The van der Waals surface area contributed by atoms with Crippen molar-refractivity contribution < 1.29 is 14.3 Å². The summed E-state index contributed by atoms with van der Waals surface area (Å²) in [4.78, 5) is 24.7. The summed E-state index contributed by atoms with van der Waals surface area (Å²) in [6.45, 7) is 9.58. The number of rotatable bonds is 4. The minimum atomic E-state index is -0.416. The van der Waals surface area contributed by atoms with Gasteiger partial charge in [-0.1, -0.05) is 0 Å². The van der Waals surface area contributed by atoms with Gasteiger partial charge < -0.3 is 15.0 Å². The van der Waals surface area contributed by atoms with Crippen LogP contribution in [0.15, 0.2) is 0 Å². The number of nitrogens with zero attached hydrogens (tertiary/aromatic N) is 1. The van der Waals surface area contributed by atoms with E-state index in [4.69, 9.17) is 4.74 Å². The molecule has 0 aromatic rings. The van der Waals surface area contributed by atoms with Crippen LogP contribution in [0.4, 0.5) is 0 Å². The van der Waals surface area contributed by atoms with Gasteiger partial charge in [0.2, 0.25) is 5.91 Å². The first-order valence-corrected chi connectivity index (χ1v) is 6.47. The molecule has 5 nitrogen and oxygen atoms in total. The number of carbonyl (C=O) groups excluding carboxylic acids is 2. The van der Waals surface area contributed by atoms with E-state index in [0.717, 1.165) is 19.5 Å². The highest BCUT2D eigenvalue weighted by Gasteiger charge is 2.24. The van der Waals surface area contributed by atoms with Crippen molar-refractivity contribution in [1.29, 1.82) is 0 Å². The van der Waals surface area contributed by atoms with Crippen LogP contribution >= 0.6 is 0 Å². The van der Waals surface area contributed by atoms with Crippen molar-refractivity contribution in [2.75, 3.05) is 19.6 Å². The summed E-state index contributed by atoms with van der Waals surface area (Å²) in [5.41, 5.74) is -0.416. The quantitative estimate of drug-likeness (QED) is 0.760. The zero-order chi connectivity index (χ0) is 13.8. The molecule has 0 aliphatic carbocycles. The SMILES string of the molecule is CC(=O)NC1CCN(CCC(=O)OC(C)(C)C)C1. The van der Waals surface area contributed by atoms with Crippen molar-refractivity contribution in [3.63, 3.8) is 0 Å². The van der Waals surface area contributed by atoms with Crippen LogP contribution in [0.25, 0.3) is 0 Å². The van der Waals surface area contributed by atoms with Crippen molar-refractivity contribution in [2.45, 2.75) is 52.2 Å². The predicted octanol–water partition coefficient (Wildman–Crippen LogP) is 0.929. The van der Waals surface area contributed by atoms with Gasteiger partial charge in [0.15, 0.2) is 0 Å². The van der Waals surface area contributed by atoms with E-state index in [9.17, 15) is 9.59 Å². The zero-order valence-electron chi connectivity index (χ0n) is 11.8. The van der Waals surface area contributed by atoms with Gasteiger partial charge in [-0.3, -0.25) is 9.59 Å². The fourth-order valence-corrected chi connectivity index (χ4v) is 2.08. The van der Waals surface area contributed by atoms with Gasteiger partial charge in [-0.25, -0.2) is 0 Å². The maximum atomic E-state index is 11.6. The minimum absolute atomic E-state index is 0.00833. The number of hydrogen-bond acceptors (Lipinski definition) is 4. The third-order valence-electron chi connectivity index (χ3n) is 2.73. The van der Waals surface area contributed by atoms with Crippen LogP contribution in [-0.2, 0) is 14.3 Å². The van der Waals surface area contributed by atoms with E-state index in [0.29, 0.717) is 13.0 Å². The molecule has 1 aliphatic heterocycles. The van der Waals surface area contributed by atoms with E-state index in [-0.39, 0.29) is 17.9 Å². The molecule has 104 valence electrons. The molecule has 5 heteroatoms. The van der Waals surface area contributed by atoms with E-state index in [1.165, 1.54) is 6.92 Å². The highest BCUT2D eigenvalue weighted by atomic mass is 16.6. The Bertz CT molecular complexity index is 310. The van der Waals surface area contributed by atoms with E-state index >= 15 is 0 Å². The molecular weight excluding hydrogens is 232 g/mol. The van der Waals surface area contributed by atoms with Gasteiger partial charge in [0.1, 0.15) is 5.60 Å². The van der Waals surface area contributed by atoms with Crippen LogP contribution in [0.2, 0.25) is 0 Å². The molecule has 0 aromatic carbocycles. The predicted molar refractivity (Wildman–Crippen MR) is 69.1 cm³/mol. The second-order valence-corrected chi connectivity index (χ2v) is 5.82. The molecule has 1 atom stereocenters. The molecule has 1 rings (SSSR count). The van der Waals surface area contributed by atoms with Crippen molar-refractivity contribution in [3.05, 3.63) is 0 Å². The largest absolute Gasteiger partial charge is 0.460 e. The highest BCUT2D eigenvalue weighted by molar-refractivity contribution is 5.73. The Balaban J connectivity index is 2.21. The molecule has 0 saturated carbocycles. The zero-order valence-corrected chi connectivity index (χ0v) is 11.8. The van der Waals surface area contributed by atoms with Gasteiger partial charge in [0.05, 0.1) is 6.42 Å². The Morgan fingerprint density at radius 1 is 1.39 bits per heavy atom. The van der Waals surface area contributed by atoms with Crippen LogP contribution < -0.4 is 5.32 Å². The van der Waals surface area contributed by atoms with Gasteiger partial charge in [-0.05, 0) is 27.2 Å². The first-order chi connectivity index (χ1) is 8.26. The van der Waals surface area contributed by atoms with Gasteiger partial charge >= 0.3 is 5.97 Å². The second-order valence-electron chi connectivity index (χ2n) is 5.82. The Morgan fingerprint density at radius 3 is 2.61 bits per heavy atom. The maximum absolute atomic E-state index is 11.6. The third kappa shape index (κ3) is 6.00. The maximum Gasteiger partial charge on any atom is 0.307 e. The van der Waals surface area contributed by atoms with Crippen molar-refractivity contribution in [3.8, 4) is 0 Å². The fourth-order valence-electron chi connectivity index (χ4n) is 2.08. The lowest BCUT2D eigenvalue weighted by Gasteiger charge is -2.21. The Kier molecular flexibility index (Phi) is 5.14. The van der Waals surface area contributed by atoms with E-state index in [1.54, 1.807) is 0 Å². The van der Waals surface area contributed by atoms with Crippen molar-refractivity contribution in [1.82, 2.24) is 10.2 Å². The molecule has 1 aliphatic rings. The first-order valence-electron chi connectivity index (χ1n) is 6.47. The summed E-state index contributed by atoms with van der Waals surface area (Å²) in [7, 11) is 0. The van der Waals surface area contributed by atoms with Crippen LogP contribution in [0.3, 0.4) is 0 Å². The number of hydrogen-bond donors (Lipinski definition) is 1. The summed E-state index contributed by atoms with van der Waals surface area (Å²) in [5.74, 6) is -0.153. The monoisotopic (exact) mass is 256 g/mol. The summed E-state index contributed by atoms with van der Waals surface area (Å²) < 4.78 is 5.25. The Morgan fingerprint density at radius 2 is 2.06 bits per heavy atom. The molecule has 1 amide bonds. The highest BCUT2D eigenvalue weighted by Crippen LogP contribution is 2.12. The smallest absolute Gasteiger partial charge is 0.307 e. The van der Waals surface area contributed by atoms with Crippen LogP contribution in [0, 0.1) is 0 Å². The number of esters is 1. The lowest BCUT2D eigenvalue weighted by Crippen LogP contribution is -2.36. The standard InChI is InChI=1S/C13H24N2O3/c1-10(16)14-11-5-7-15(9-11)8-6-12(17)18-13(2,3)4/h11H,5-9H2,1-4H3,(H,14,16). The second kappa shape index (κ2) is 6.18. The van der Waals surface area contributed by atoms with Gasteiger partial charge in [-0.15, -0.1) is 0 Å². The average Bonchev–Trinajstić information content (AvgIpc) is 2.59. The number of nitrogens with one attached hydrogen (secondary N) is 1. The van der Waals surface area contributed by atoms with Crippen LogP contribution in [-0.4, -0.2) is 48.1 Å². The molecular formula is C13H24N2O3. The molecule has 0 radical (unpaired) electrons. The number of carbonyl (C=O) groups is 2. The van der Waals surface area contributed by atoms with Crippen molar-refractivity contribution >= 4 is 11.9 Å². The molecule has 1 fully saturated rings. The Labute approximate surface area is 109 Å². The molecule has 1 N–H and O–H groups in total. The molecule has 1 unspecified atom stereocenters. The van der Waals surface area contributed by atoms with E-state index in [2.05, 4.69) is 10.2 Å². The molecule has 0 aromatic heterocycles. The van der Waals surface area contributed by atoms with Crippen molar-refractivity contribution in [2.24, 2.45) is 0 Å². The third-order valence-corrected chi connectivity index (χ3v) is 2.73. The molecule has 18 heavy (non-hydrogen) atoms. The number of likely N-dealkylation sites (tertiary alicyclic amines) is 1. The van der Waals surface area contributed by atoms with Crippen LogP contribution in [0.5, 0.6) is 0 Å². The van der Waals surface area contributed by atoms with E-state index in [1.807, 2.05) is 20.8 Å². The van der Waals surface area contributed by atoms with Crippen LogP contribution in [0.1, 0.15) is 40.5 Å². The minimum Gasteiger partial charge on any atom is -0.460 e. The lowest BCUT2D eigenvalue weighted by atomic mass is 10.2. The Hall–Kier alpha value is -1.10. The number of amides is 1. The molecule has 0 spiro atoms. The van der Waals surface area contributed by atoms with Gasteiger partial charge in [0, 0.05) is 32.6 Å². The average molecular weight is 256 g/mol.